The summed E-state index contributed by atoms with van der Waals surface area (Å²) in [5.74, 6) is 0. The molecule has 0 aromatic carbocycles. The summed E-state index contributed by atoms with van der Waals surface area (Å²) in [7, 11) is 0. The van der Waals surface area contributed by atoms with Crippen molar-refractivity contribution >= 4 is 11.6 Å². The van der Waals surface area contributed by atoms with Crippen LogP contribution in [0.15, 0.2) is 0 Å². The lowest BCUT2D eigenvalue weighted by molar-refractivity contribution is 0.0893. The van der Waals surface area contributed by atoms with Crippen molar-refractivity contribution in [1.82, 2.24) is 15.0 Å². The Morgan fingerprint density at radius 1 is 1.16 bits per heavy atom. The molecule has 106 valence electrons. The number of ether oxygens (including phenoxy) is 2. The third kappa shape index (κ3) is 4.20. The molecule has 0 N–H and O–H groups in total. The average Bonchev–Trinajstić information content (AvgIpc) is 2.32. The highest BCUT2D eigenvalue weighted by Gasteiger charge is 2.28. The lowest BCUT2D eigenvalue weighted by atomic mass is 9.76. The molecule has 1 aliphatic rings. The van der Waals surface area contributed by atoms with Crippen molar-refractivity contribution in [3.05, 3.63) is 5.28 Å². The van der Waals surface area contributed by atoms with E-state index in [1.165, 1.54) is 0 Å². The Morgan fingerprint density at radius 2 is 1.79 bits per heavy atom. The Bertz CT molecular complexity index is 430. The van der Waals surface area contributed by atoms with Gasteiger partial charge in [-0.25, -0.2) is 0 Å². The molecule has 0 aliphatic heterocycles. The van der Waals surface area contributed by atoms with E-state index in [1.807, 2.05) is 6.92 Å². The molecule has 0 spiro atoms. The van der Waals surface area contributed by atoms with Crippen LogP contribution in [0.4, 0.5) is 0 Å². The van der Waals surface area contributed by atoms with Gasteiger partial charge in [-0.05, 0) is 49.6 Å². The standard InChI is InChI=1S/C13H20ClN3O2/c1-4-18-11-15-10(14)16-12(17-11)19-9-5-7-13(2,3)8-6-9/h9H,4-8H2,1-3H3. The quantitative estimate of drug-likeness (QED) is 0.850. The van der Waals surface area contributed by atoms with Gasteiger partial charge in [-0.3, -0.25) is 0 Å². The molecular formula is C13H20ClN3O2. The fourth-order valence-corrected chi connectivity index (χ4v) is 2.35. The van der Waals surface area contributed by atoms with E-state index in [0.717, 1.165) is 25.7 Å². The second-order valence-electron chi connectivity index (χ2n) is 5.58. The normalized spacial score (nSPS) is 19.2. The molecule has 1 fully saturated rings. The van der Waals surface area contributed by atoms with Crippen molar-refractivity contribution in [3.63, 3.8) is 0 Å². The first kappa shape index (κ1) is 14.3. The molecule has 2 rings (SSSR count). The zero-order chi connectivity index (χ0) is 13.9. The average molecular weight is 286 g/mol. The topological polar surface area (TPSA) is 57.1 Å². The highest BCUT2D eigenvalue weighted by Crippen LogP contribution is 2.36. The van der Waals surface area contributed by atoms with Gasteiger partial charge in [-0.15, -0.1) is 4.98 Å². The summed E-state index contributed by atoms with van der Waals surface area (Å²) in [5, 5.41) is 0.101. The minimum Gasteiger partial charge on any atom is -0.464 e. The summed E-state index contributed by atoms with van der Waals surface area (Å²) in [5.41, 5.74) is 0.410. The Balaban J connectivity index is 1.99. The molecule has 0 saturated heterocycles. The number of hydrogen-bond acceptors (Lipinski definition) is 5. The number of nitrogens with zero attached hydrogens (tertiary/aromatic N) is 3. The molecule has 6 heteroatoms. The van der Waals surface area contributed by atoms with Crippen LogP contribution < -0.4 is 9.47 Å². The summed E-state index contributed by atoms with van der Waals surface area (Å²) in [6, 6.07) is 0.474. The Hall–Kier alpha value is -1.10. The summed E-state index contributed by atoms with van der Waals surface area (Å²) in [6.07, 6.45) is 4.48. The summed E-state index contributed by atoms with van der Waals surface area (Å²) in [6.45, 7) is 6.92. The summed E-state index contributed by atoms with van der Waals surface area (Å²) in [4.78, 5) is 12.0. The van der Waals surface area contributed by atoms with Gasteiger partial charge >= 0.3 is 12.0 Å². The van der Waals surface area contributed by atoms with Gasteiger partial charge in [0.1, 0.15) is 6.10 Å². The number of hydrogen-bond donors (Lipinski definition) is 0. The van der Waals surface area contributed by atoms with Crippen LogP contribution in [0.3, 0.4) is 0 Å². The second-order valence-corrected chi connectivity index (χ2v) is 5.92. The van der Waals surface area contributed by atoms with Gasteiger partial charge in [-0.2, -0.15) is 9.97 Å². The number of aromatic nitrogens is 3. The Morgan fingerprint density at radius 3 is 2.42 bits per heavy atom. The summed E-state index contributed by atoms with van der Waals surface area (Å²) >= 11 is 5.83. The summed E-state index contributed by atoms with van der Waals surface area (Å²) < 4.78 is 11.0. The van der Waals surface area contributed by atoms with Crippen LogP contribution in [0, 0.1) is 5.41 Å². The van der Waals surface area contributed by atoms with Gasteiger partial charge in [0.2, 0.25) is 5.28 Å². The Kier molecular flexibility index (Phi) is 4.45. The van der Waals surface area contributed by atoms with Gasteiger partial charge in [0.25, 0.3) is 0 Å². The number of halogens is 1. The predicted octanol–water partition coefficient (Wildman–Crippen LogP) is 3.27. The lowest BCUT2D eigenvalue weighted by Gasteiger charge is -2.33. The van der Waals surface area contributed by atoms with E-state index in [1.54, 1.807) is 0 Å². The molecular weight excluding hydrogens is 266 g/mol. The molecule has 0 bridgehead atoms. The minimum atomic E-state index is 0.101. The van der Waals surface area contributed by atoms with Gasteiger partial charge in [-0.1, -0.05) is 13.8 Å². The molecule has 1 saturated carbocycles. The van der Waals surface area contributed by atoms with Gasteiger partial charge in [0.05, 0.1) is 6.61 Å². The molecule has 19 heavy (non-hydrogen) atoms. The predicted molar refractivity (Wildman–Crippen MR) is 72.7 cm³/mol. The van der Waals surface area contributed by atoms with E-state index < -0.39 is 0 Å². The third-order valence-corrected chi connectivity index (χ3v) is 3.57. The highest BCUT2D eigenvalue weighted by molar-refractivity contribution is 6.28. The van der Waals surface area contributed by atoms with Crippen LogP contribution >= 0.6 is 11.6 Å². The molecule has 1 aromatic rings. The van der Waals surface area contributed by atoms with Crippen LogP contribution in [-0.2, 0) is 0 Å². The molecule has 1 aromatic heterocycles. The van der Waals surface area contributed by atoms with E-state index in [-0.39, 0.29) is 23.4 Å². The van der Waals surface area contributed by atoms with Gasteiger partial charge in [0, 0.05) is 0 Å². The largest absolute Gasteiger partial charge is 0.464 e. The van der Waals surface area contributed by atoms with Crippen molar-refractivity contribution < 1.29 is 9.47 Å². The van der Waals surface area contributed by atoms with E-state index in [0.29, 0.717) is 12.0 Å². The monoisotopic (exact) mass is 285 g/mol. The first-order chi connectivity index (χ1) is 8.98. The maximum absolute atomic E-state index is 5.83. The van der Waals surface area contributed by atoms with E-state index in [9.17, 15) is 0 Å². The fraction of sp³-hybridized carbons (Fsp3) is 0.769. The SMILES string of the molecule is CCOc1nc(Cl)nc(OC2CCC(C)(C)CC2)n1. The second kappa shape index (κ2) is 5.90. The minimum absolute atomic E-state index is 0.101. The van der Waals surface area contributed by atoms with Crippen molar-refractivity contribution in [1.29, 1.82) is 0 Å². The third-order valence-electron chi connectivity index (χ3n) is 3.40. The van der Waals surface area contributed by atoms with Crippen LogP contribution in [-0.4, -0.2) is 27.7 Å². The molecule has 0 amide bonds. The molecule has 1 heterocycles. The lowest BCUT2D eigenvalue weighted by Crippen LogP contribution is -2.29. The molecule has 0 radical (unpaired) electrons. The van der Waals surface area contributed by atoms with Crippen molar-refractivity contribution in [2.75, 3.05) is 6.61 Å². The smallest absolute Gasteiger partial charge is 0.324 e. The fourth-order valence-electron chi connectivity index (χ4n) is 2.20. The van der Waals surface area contributed by atoms with Crippen LogP contribution in [0.2, 0.25) is 5.28 Å². The maximum atomic E-state index is 5.83. The highest BCUT2D eigenvalue weighted by atomic mass is 35.5. The van der Waals surface area contributed by atoms with Crippen LogP contribution in [0.25, 0.3) is 0 Å². The van der Waals surface area contributed by atoms with E-state index in [4.69, 9.17) is 21.1 Å². The van der Waals surface area contributed by atoms with Crippen molar-refractivity contribution in [3.8, 4) is 12.0 Å². The zero-order valence-electron chi connectivity index (χ0n) is 11.6. The van der Waals surface area contributed by atoms with E-state index >= 15 is 0 Å². The van der Waals surface area contributed by atoms with Crippen molar-refractivity contribution in [2.45, 2.75) is 52.6 Å². The molecule has 0 unspecified atom stereocenters. The van der Waals surface area contributed by atoms with Gasteiger partial charge in [0.15, 0.2) is 0 Å². The Labute approximate surface area is 118 Å². The van der Waals surface area contributed by atoms with Crippen LogP contribution in [0.5, 0.6) is 12.0 Å². The molecule has 1 aliphatic carbocycles. The first-order valence-electron chi connectivity index (χ1n) is 6.69. The molecule has 0 atom stereocenters. The zero-order valence-corrected chi connectivity index (χ0v) is 12.4. The maximum Gasteiger partial charge on any atom is 0.324 e. The van der Waals surface area contributed by atoms with Crippen LogP contribution in [0.1, 0.15) is 46.5 Å². The molecule has 5 nitrogen and oxygen atoms in total. The van der Waals surface area contributed by atoms with Crippen molar-refractivity contribution in [2.24, 2.45) is 5.41 Å². The first-order valence-corrected chi connectivity index (χ1v) is 7.07. The van der Waals surface area contributed by atoms with Gasteiger partial charge < -0.3 is 9.47 Å². The number of rotatable bonds is 4. The van der Waals surface area contributed by atoms with E-state index in [2.05, 4.69) is 28.8 Å².